The van der Waals surface area contributed by atoms with Gasteiger partial charge in [-0.05, 0) is 6.07 Å². The molecule has 2 rings (SSSR count). The van der Waals surface area contributed by atoms with Gasteiger partial charge in [-0.25, -0.2) is 9.97 Å². The largest absolute Gasteiger partial charge is 0.481 e. The van der Waals surface area contributed by atoms with Gasteiger partial charge in [-0.15, -0.1) is 0 Å². The van der Waals surface area contributed by atoms with Crippen molar-refractivity contribution in [3.8, 4) is 0 Å². The maximum atomic E-state index is 11.9. The first-order valence-corrected chi connectivity index (χ1v) is 7.20. The van der Waals surface area contributed by atoms with Crippen LogP contribution in [0.3, 0.4) is 0 Å². The van der Waals surface area contributed by atoms with E-state index in [1.165, 1.54) is 4.90 Å². The lowest BCUT2D eigenvalue weighted by atomic mass is 10.1. The summed E-state index contributed by atoms with van der Waals surface area (Å²) in [5.74, 6) is -1.18. The summed E-state index contributed by atoms with van der Waals surface area (Å²) in [5.41, 5.74) is 0. The molecule has 1 aliphatic heterocycles. The molecule has 8 heteroatoms. The van der Waals surface area contributed by atoms with Gasteiger partial charge in [0, 0.05) is 45.0 Å². The zero-order chi connectivity index (χ0) is 15.9. The molecule has 0 aliphatic carbocycles. The van der Waals surface area contributed by atoms with Gasteiger partial charge in [-0.3, -0.25) is 14.5 Å². The number of carboxylic acids is 1. The molecule has 1 fully saturated rings. The Labute approximate surface area is 128 Å². The molecule has 1 saturated heterocycles. The first-order chi connectivity index (χ1) is 10.6. The first-order valence-electron chi connectivity index (χ1n) is 7.20. The van der Waals surface area contributed by atoms with Crippen molar-refractivity contribution in [3.05, 3.63) is 24.3 Å². The van der Waals surface area contributed by atoms with Crippen LogP contribution in [0.25, 0.3) is 0 Å². The van der Waals surface area contributed by atoms with Gasteiger partial charge < -0.3 is 15.1 Å². The fourth-order valence-electron chi connectivity index (χ4n) is 2.47. The third-order valence-electron chi connectivity index (χ3n) is 3.62. The van der Waals surface area contributed by atoms with Gasteiger partial charge in [0.2, 0.25) is 5.91 Å². The van der Waals surface area contributed by atoms with Crippen LogP contribution in [0.15, 0.2) is 18.5 Å². The van der Waals surface area contributed by atoms with E-state index in [1.54, 1.807) is 18.5 Å². The summed E-state index contributed by atoms with van der Waals surface area (Å²) in [6.07, 6.45) is 3.31. The van der Waals surface area contributed by atoms with Crippen LogP contribution in [-0.4, -0.2) is 74.6 Å². The second-order valence-corrected chi connectivity index (χ2v) is 5.25. The standard InChI is InChI=1S/C14H20N4O4/c19-7-2-13(20)18-6-5-17(8-11(9-18)14(21)22)10-12-15-3-1-4-16-12/h1,3-4,11,19H,2,5-10H2,(H,21,22)/t11-/m0/s1. The number of aliphatic carboxylic acids is 1. The minimum Gasteiger partial charge on any atom is -0.481 e. The molecule has 0 aromatic carbocycles. The van der Waals surface area contributed by atoms with E-state index in [4.69, 9.17) is 5.11 Å². The van der Waals surface area contributed by atoms with Crippen molar-refractivity contribution < 1.29 is 19.8 Å². The summed E-state index contributed by atoms with van der Waals surface area (Å²) in [4.78, 5) is 35.0. The maximum Gasteiger partial charge on any atom is 0.309 e. The van der Waals surface area contributed by atoms with Crippen LogP contribution in [0, 0.1) is 5.92 Å². The predicted molar refractivity (Wildman–Crippen MR) is 76.7 cm³/mol. The number of hydrogen-bond donors (Lipinski definition) is 2. The third kappa shape index (κ3) is 4.47. The van der Waals surface area contributed by atoms with Gasteiger partial charge in [0.15, 0.2) is 0 Å². The lowest BCUT2D eigenvalue weighted by molar-refractivity contribution is -0.143. The molecule has 120 valence electrons. The Balaban J connectivity index is 2.05. The smallest absolute Gasteiger partial charge is 0.309 e. The van der Waals surface area contributed by atoms with E-state index < -0.39 is 11.9 Å². The molecule has 0 unspecified atom stereocenters. The van der Waals surface area contributed by atoms with Crippen molar-refractivity contribution in [2.45, 2.75) is 13.0 Å². The van der Waals surface area contributed by atoms with Crippen LogP contribution in [-0.2, 0) is 16.1 Å². The number of rotatable bonds is 5. The summed E-state index contributed by atoms with van der Waals surface area (Å²) < 4.78 is 0. The fraction of sp³-hybridized carbons (Fsp3) is 0.571. The van der Waals surface area contributed by atoms with E-state index in [0.717, 1.165) is 0 Å². The minimum absolute atomic E-state index is 0.0220. The third-order valence-corrected chi connectivity index (χ3v) is 3.62. The SMILES string of the molecule is O=C(O)[C@H]1CN(Cc2ncccn2)CCN(C(=O)CCO)C1. The second-order valence-electron chi connectivity index (χ2n) is 5.25. The van der Waals surface area contributed by atoms with Crippen LogP contribution in [0.1, 0.15) is 12.2 Å². The summed E-state index contributed by atoms with van der Waals surface area (Å²) in [7, 11) is 0. The van der Waals surface area contributed by atoms with Crippen molar-refractivity contribution in [1.29, 1.82) is 0 Å². The Hall–Kier alpha value is -2.06. The van der Waals surface area contributed by atoms with Crippen molar-refractivity contribution in [1.82, 2.24) is 19.8 Å². The molecule has 8 nitrogen and oxygen atoms in total. The van der Waals surface area contributed by atoms with Crippen LogP contribution < -0.4 is 0 Å². The Kier molecular flexibility index (Phi) is 5.79. The molecular formula is C14H20N4O4. The van der Waals surface area contributed by atoms with Gasteiger partial charge in [0.1, 0.15) is 5.82 Å². The molecule has 1 atom stereocenters. The van der Waals surface area contributed by atoms with Crippen LogP contribution >= 0.6 is 0 Å². The molecule has 0 saturated carbocycles. The molecular weight excluding hydrogens is 288 g/mol. The van der Waals surface area contributed by atoms with Crippen LogP contribution in [0.5, 0.6) is 0 Å². The van der Waals surface area contributed by atoms with Gasteiger partial charge in [0.25, 0.3) is 0 Å². The Morgan fingerprint density at radius 3 is 2.59 bits per heavy atom. The average molecular weight is 308 g/mol. The van der Waals surface area contributed by atoms with E-state index in [2.05, 4.69) is 9.97 Å². The number of carbonyl (C=O) groups excluding carboxylic acids is 1. The number of nitrogens with zero attached hydrogens (tertiary/aromatic N) is 4. The van der Waals surface area contributed by atoms with Gasteiger partial charge in [-0.1, -0.05) is 0 Å². The number of carbonyl (C=O) groups is 2. The quantitative estimate of drug-likeness (QED) is 0.733. The lowest BCUT2D eigenvalue weighted by Crippen LogP contribution is -2.38. The summed E-state index contributed by atoms with van der Waals surface area (Å²) in [6.45, 7) is 1.73. The number of hydrogen-bond acceptors (Lipinski definition) is 6. The Morgan fingerprint density at radius 2 is 1.95 bits per heavy atom. The van der Waals surface area contributed by atoms with Crippen LogP contribution in [0.4, 0.5) is 0 Å². The van der Waals surface area contributed by atoms with Crippen LogP contribution in [0.2, 0.25) is 0 Å². The number of aromatic nitrogens is 2. The molecule has 2 heterocycles. The Morgan fingerprint density at radius 1 is 1.23 bits per heavy atom. The van der Waals surface area contributed by atoms with Crippen molar-refractivity contribution >= 4 is 11.9 Å². The molecule has 1 amide bonds. The number of aliphatic hydroxyl groups excluding tert-OH is 1. The predicted octanol–water partition coefficient (Wildman–Crippen LogP) is -0.796. The van der Waals surface area contributed by atoms with Crippen molar-refractivity contribution in [2.75, 3.05) is 32.8 Å². The summed E-state index contributed by atoms with van der Waals surface area (Å²) >= 11 is 0. The van der Waals surface area contributed by atoms with Gasteiger partial charge >= 0.3 is 5.97 Å². The molecule has 0 bridgehead atoms. The Bertz CT molecular complexity index is 511. The van der Waals surface area contributed by atoms with E-state index in [9.17, 15) is 14.7 Å². The molecule has 0 spiro atoms. The highest BCUT2D eigenvalue weighted by atomic mass is 16.4. The maximum absolute atomic E-state index is 11.9. The molecule has 22 heavy (non-hydrogen) atoms. The zero-order valence-corrected chi connectivity index (χ0v) is 12.3. The number of amides is 1. The topological polar surface area (TPSA) is 107 Å². The summed E-state index contributed by atoms with van der Waals surface area (Å²) in [6, 6.07) is 1.72. The number of carboxylic acid groups (broad SMARTS) is 1. The fourth-order valence-corrected chi connectivity index (χ4v) is 2.47. The van der Waals surface area contributed by atoms with E-state index in [-0.39, 0.29) is 25.5 Å². The average Bonchev–Trinajstić information content (AvgIpc) is 2.71. The zero-order valence-electron chi connectivity index (χ0n) is 12.3. The molecule has 0 radical (unpaired) electrons. The van der Waals surface area contributed by atoms with E-state index >= 15 is 0 Å². The molecule has 1 aliphatic rings. The lowest BCUT2D eigenvalue weighted by Gasteiger charge is -2.21. The second kappa shape index (κ2) is 7.81. The van der Waals surface area contributed by atoms with E-state index in [0.29, 0.717) is 32.0 Å². The van der Waals surface area contributed by atoms with Gasteiger partial charge in [-0.2, -0.15) is 0 Å². The highest BCUT2D eigenvalue weighted by molar-refractivity contribution is 5.78. The monoisotopic (exact) mass is 308 g/mol. The minimum atomic E-state index is -0.928. The normalized spacial score (nSPS) is 19.7. The van der Waals surface area contributed by atoms with Crippen molar-refractivity contribution in [2.24, 2.45) is 5.92 Å². The first kappa shape index (κ1) is 16.3. The molecule has 2 N–H and O–H groups in total. The van der Waals surface area contributed by atoms with E-state index in [1.807, 2.05) is 4.90 Å². The highest BCUT2D eigenvalue weighted by Crippen LogP contribution is 2.13. The molecule has 1 aromatic heterocycles. The van der Waals surface area contributed by atoms with Gasteiger partial charge in [0.05, 0.1) is 19.1 Å². The number of aliphatic hydroxyl groups is 1. The van der Waals surface area contributed by atoms with Crippen molar-refractivity contribution in [3.63, 3.8) is 0 Å². The summed E-state index contributed by atoms with van der Waals surface area (Å²) in [5, 5.41) is 18.2. The highest BCUT2D eigenvalue weighted by Gasteiger charge is 2.29. The molecule has 1 aromatic rings.